The molecule has 4 aromatic rings. The summed E-state index contributed by atoms with van der Waals surface area (Å²) in [6, 6.07) is 13.3. The van der Waals surface area contributed by atoms with Crippen LogP contribution >= 0.6 is 11.6 Å². The predicted molar refractivity (Wildman–Crippen MR) is 117 cm³/mol. The molecule has 0 fully saturated rings. The minimum atomic E-state index is -0.443. The number of ether oxygens (including phenoxy) is 1. The number of benzene rings is 2. The van der Waals surface area contributed by atoms with E-state index < -0.39 is 11.2 Å². The molecule has 0 unspecified atom stereocenters. The van der Waals surface area contributed by atoms with E-state index in [9.17, 15) is 9.59 Å². The maximum absolute atomic E-state index is 13.0. The molecule has 2 aromatic carbocycles. The zero-order valence-corrected chi connectivity index (χ0v) is 17.9. The highest BCUT2D eigenvalue weighted by molar-refractivity contribution is 6.30. The fraction of sp³-hybridized carbons (Fsp3) is 0.227. The van der Waals surface area contributed by atoms with E-state index in [1.807, 2.05) is 44.2 Å². The van der Waals surface area contributed by atoms with Gasteiger partial charge >= 0.3 is 11.7 Å². The number of nitrogens with zero attached hydrogens (tertiary/aromatic N) is 4. The largest absolute Gasteiger partial charge is 0.425 e. The second kappa shape index (κ2) is 7.50. The van der Waals surface area contributed by atoms with Crippen LogP contribution < -0.4 is 16.0 Å². The molecule has 8 heteroatoms. The third kappa shape index (κ3) is 3.31. The van der Waals surface area contributed by atoms with Gasteiger partial charge in [-0.15, -0.1) is 0 Å². The average molecular weight is 425 g/mol. The van der Waals surface area contributed by atoms with Gasteiger partial charge in [-0.1, -0.05) is 35.9 Å². The van der Waals surface area contributed by atoms with Crippen LogP contribution in [-0.4, -0.2) is 18.7 Å². The summed E-state index contributed by atoms with van der Waals surface area (Å²) in [7, 11) is 3.04. The molecule has 7 nitrogen and oxygen atoms in total. The summed E-state index contributed by atoms with van der Waals surface area (Å²) in [4.78, 5) is 29.9. The lowest BCUT2D eigenvalue weighted by atomic mass is 10.1. The van der Waals surface area contributed by atoms with Crippen LogP contribution in [0, 0.1) is 13.8 Å². The summed E-state index contributed by atoms with van der Waals surface area (Å²) in [6.45, 7) is 4.30. The van der Waals surface area contributed by atoms with Gasteiger partial charge in [0.15, 0.2) is 11.2 Å². The topological polar surface area (TPSA) is 71.1 Å². The molecule has 0 amide bonds. The number of aryl methyl sites for hydroxylation is 2. The van der Waals surface area contributed by atoms with Crippen LogP contribution in [0.3, 0.4) is 0 Å². The number of hydrogen-bond donors (Lipinski definition) is 0. The van der Waals surface area contributed by atoms with E-state index >= 15 is 0 Å². The van der Waals surface area contributed by atoms with E-state index in [4.69, 9.17) is 16.3 Å². The molecular weight excluding hydrogens is 404 g/mol. The zero-order chi connectivity index (χ0) is 21.6. The minimum absolute atomic E-state index is 0.243. The van der Waals surface area contributed by atoms with E-state index in [2.05, 4.69) is 4.98 Å². The Hall–Kier alpha value is -3.32. The Morgan fingerprint density at radius 3 is 2.40 bits per heavy atom. The van der Waals surface area contributed by atoms with Crippen molar-refractivity contribution < 1.29 is 4.74 Å². The monoisotopic (exact) mass is 424 g/mol. The fourth-order valence-electron chi connectivity index (χ4n) is 3.36. The van der Waals surface area contributed by atoms with Crippen molar-refractivity contribution in [2.24, 2.45) is 14.1 Å². The number of rotatable bonds is 4. The molecule has 154 valence electrons. The Morgan fingerprint density at radius 1 is 1.00 bits per heavy atom. The first-order chi connectivity index (χ1) is 14.3. The van der Waals surface area contributed by atoms with Crippen molar-refractivity contribution in [3.8, 4) is 11.8 Å². The van der Waals surface area contributed by atoms with Crippen molar-refractivity contribution in [3.05, 3.63) is 85.0 Å². The molecule has 0 saturated heterocycles. The van der Waals surface area contributed by atoms with Crippen molar-refractivity contribution in [3.63, 3.8) is 0 Å². The Kier molecular flexibility index (Phi) is 4.99. The highest BCUT2D eigenvalue weighted by Crippen LogP contribution is 2.29. The van der Waals surface area contributed by atoms with Gasteiger partial charge in [-0.05, 0) is 48.7 Å². The Balaban J connectivity index is 1.96. The number of hydrogen-bond acceptors (Lipinski definition) is 4. The molecule has 0 bridgehead atoms. The Bertz CT molecular complexity index is 1380. The van der Waals surface area contributed by atoms with Crippen molar-refractivity contribution in [2.75, 3.05) is 0 Å². The smallest absolute Gasteiger partial charge is 0.332 e. The fourth-order valence-corrected chi connectivity index (χ4v) is 3.48. The van der Waals surface area contributed by atoms with E-state index in [0.29, 0.717) is 22.8 Å². The van der Waals surface area contributed by atoms with Gasteiger partial charge in [-0.25, -0.2) is 4.79 Å². The summed E-state index contributed by atoms with van der Waals surface area (Å²) in [5, 5.41) is 0.624. The molecule has 0 atom stereocenters. The van der Waals surface area contributed by atoms with Crippen LogP contribution in [0.2, 0.25) is 5.02 Å². The van der Waals surface area contributed by atoms with Gasteiger partial charge in [0.1, 0.15) is 5.75 Å². The molecule has 0 aliphatic carbocycles. The third-order valence-electron chi connectivity index (χ3n) is 5.32. The minimum Gasteiger partial charge on any atom is -0.425 e. The molecule has 2 aromatic heterocycles. The predicted octanol–water partition coefficient (Wildman–Crippen LogP) is 3.54. The van der Waals surface area contributed by atoms with Crippen LogP contribution in [0.4, 0.5) is 0 Å². The molecule has 0 aliphatic rings. The van der Waals surface area contributed by atoms with Crippen LogP contribution in [-0.2, 0) is 20.6 Å². The third-order valence-corrected chi connectivity index (χ3v) is 5.58. The molecule has 2 heterocycles. The molecule has 0 N–H and O–H groups in total. The van der Waals surface area contributed by atoms with Crippen LogP contribution in [0.25, 0.3) is 11.2 Å². The van der Waals surface area contributed by atoms with Crippen LogP contribution in [0.1, 0.15) is 16.7 Å². The first-order valence-corrected chi connectivity index (χ1v) is 9.80. The first-order valence-electron chi connectivity index (χ1n) is 9.42. The summed E-state index contributed by atoms with van der Waals surface area (Å²) in [6.07, 6.45) is 0. The maximum atomic E-state index is 13.0. The highest BCUT2D eigenvalue weighted by Gasteiger charge is 2.21. The standard InChI is InChI=1S/C22H21ClN4O3/c1-13-6-5-7-17(14(13)2)30-21-24-19-18(20(28)26(4)22(29)25(19)3)27(21)12-15-8-10-16(23)11-9-15/h5-11H,12H2,1-4H3. The van der Waals surface area contributed by atoms with Gasteiger partial charge in [-0.3, -0.25) is 18.5 Å². The van der Waals surface area contributed by atoms with Crippen molar-refractivity contribution in [1.29, 1.82) is 0 Å². The number of aromatic nitrogens is 4. The van der Waals surface area contributed by atoms with E-state index in [0.717, 1.165) is 21.3 Å². The van der Waals surface area contributed by atoms with Gasteiger partial charge in [0, 0.05) is 19.1 Å². The lowest BCUT2D eigenvalue weighted by molar-refractivity contribution is 0.418. The highest BCUT2D eigenvalue weighted by atomic mass is 35.5. The Morgan fingerprint density at radius 2 is 1.70 bits per heavy atom. The van der Waals surface area contributed by atoms with Gasteiger partial charge < -0.3 is 4.74 Å². The van der Waals surface area contributed by atoms with E-state index in [1.54, 1.807) is 23.7 Å². The summed E-state index contributed by atoms with van der Waals surface area (Å²) < 4.78 is 10.3. The summed E-state index contributed by atoms with van der Waals surface area (Å²) in [5.74, 6) is 0.643. The van der Waals surface area contributed by atoms with E-state index in [1.165, 1.54) is 11.6 Å². The first kappa shape index (κ1) is 20.0. The van der Waals surface area contributed by atoms with E-state index in [-0.39, 0.29) is 11.7 Å². The van der Waals surface area contributed by atoms with Gasteiger partial charge in [0.25, 0.3) is 5.56 Å². The lowest BCUT2D eigenvalue weighted by Gasteiger charge is -2.12. The zero-order valence-electron chi connectivity index (χ0n) is 17.1. The van der Waals surface area contributed by atoms with Crippen LogP contribution in [0.5, 0.6) is 11.8 Å². The van der Waals surface area contributed by atoms with Crippen molar-refractivity contribution >= 4 is 22.8 Å². The molecular formula is C22H21ClN4O3. The second-order valence-electron chi connectivity index (χ2n) is 7.29. The average Bonchev–Trinajstić information content (AvgIpc) is 3.08. The molecule has 0 saturated carbocycles. The van der Waals surface area contributed by atoms with Crippen molar-refractivity contribution in [1.82, 2.24) is 18.7 Å². The SMILES string of the molecule is Cc1cccc(Oc2nc3c(c(=O)n(C)c(=O)n3C)n2Cc2ccc(Cl)cc2)c1C. The number of fused-ring (bicyclic) bond motifs is 1. The lowest BCUT2D eigenvalue weighted by Crippen LogP contribution is -2.37. The summed E-state index contributed by atoms with van der Waals surface area (Å²) in [5.41, 5.74) is 2.68. The van der Waals surface area contributed by atoms with Gasteiger partial charge in [-0.2, -0.15) is 4.98 Å². The Labute approximate surface area is 177 Å². The maximum Gasteiger partial charge on any atom is 0.332 e. The molecule has 0 spiro atoms. The van der Waals surface area contributed by atoms with Crippen molar-refractivity contribution in [2.45, 2.75) is 20.4 Å². The number of halogens is 1. The quantitative estimate of drug-likeness (QED) is 0.502. The number of imidazole rings is 1. The normalized spacial score (nSPS) is 11.2. The molecule has 0 aliphatic heterocycles. The van der Waals surface area contributed by atoms with Gasteiger partial charge in [0.05, 0.1) is 6.54 Å². The second-order valence-corrected chi connectivity index (χ2v) is 7.72. The summed E-state index contributed by atoms with van der Waals surface area (Å²) >= 11 is 6.01. The molecule has 0 radical (unpaired) electrons. The van der Waals surface area contributed by atoms with Gasteiger partial charge in [0.2, 0.25) is 0 Å². The van der Waals surface area contributed by atoms with Crippen LogP contribution in [0.15, 0.2) is 52.1 Å². The molecule has 4 rings (SSSR count). The molecule has 30 heavy (non-hydrogen) atoms.